The lowest BCUT2D eigenvalue weighted by molar-refractivity contribution is -0.133. The van der Waals surface area contributed by atoms with Crippen molar-refractivity contribution in [2.24, 2.45) is 0 Å². The van der Waals surface area contributed by atoms with Gasteiger partial charge in [-0.25, -0.2) is 9.78 Å². The third-order valence-electron chi connectivity index (χ3n) is 3.71. The van der Waals surface area contributed by atoms with Crippen molar-refractivity contribution in [1.82, 2.24) is 15.2 Å². The minimum absolute atomic E-state index is 0.131. The van der Waals surface area contributed by atoms with Gasteiger partial charge < -0.3 is 10.6 Å². The van der Waals surface area contributed by atoms with E-state index in [0.717, 1.165) is 4.90 Å². The molecule has 1 saturated heterocycles. The maximum Gasteiger partial charge on any atom is 0.325 e. The van der Waals surface area contributed by atoms with Crippen LogP contribution in [0.15, 0.2) is 35.2 Å². The van der Waals surface area contributed by atoms with Crippen molar-refractivity contribution in [3.8, 4) is 0 Å². The summed E-state index contributed by atoms with van der Waals surface area (Å²) in [6, 6.07) is 4.35. The first-order chi connectivity index (χ1) is 11.4. The molecular formula is C15H13ClN4O3S. The molecule has 9 heteroatoms. The van der Waals surface area contributed by atoms with Gasteiger partial charge in [0.05, 0.1) is 5.69 Å². The Bertz CT molecular complexity index is 811. The zero-order valence-corrected chi connectivity index (χ0v) is 14.1. The van der Waals surface area contributed by atoms with Gasteiger partial charge in [-0.1, -0.05) is 11.6 Å². The number of hydrogen-bond acceptors (Lipinski definition) is 5. The Morgan fingerprint density at radius 3 is 2.92 bits per heavy atom. The van der Waals surface area contributed by atoms with E-state index in [1.807, 2.05) is 5.38 Å². The lowest BCUT2D eigenvalue weighted by Gasteiger charge is -2.20. The maximum absolute atomic E-state index is 12.6. The summed E-state index contributed by atoms with van der Waals surface area (Å²) >= 11 is 7.29. The van der Waals surface area contributed by atoms with Crippen LogP contribution in [0.3, 0.4) is 0 Å². The topological polar surface area (TPSA) is 91.4 Å². The van der Waals surface area contributed by atoms with Crippen LogP contribution in [0.25, 0.3) is 0 Å². The highest BCUT2D eigenvalue weighted by molar-refractivity contribution is 7.08. The fourth-order valence-corrected chi connectivity index (χ4v) is 3.33. The summed E-state index contributed by atoms with van der Waals surface area (Å²) in [5.74, 6) is -1.01. The fourth-order valence-electron chi connectivity index (χ4n) is 2.40. The first kappa shape index (κ1) is 16.4. The molecule has 1 aliphatic heterocycles. The van der Waals surface area contributed by atoms with Crippen LogP contribution in [0, 0.1) is 0 Å². The van der Waals surface area contributed by atoms with Crippen molar-refractivity contribution in [3.63, 3.8) is 0 Å². The molecule has 3 heterocycles. The van der Waals surface area contributed by atoms with Gasteiger partial charge in [0.25, 0.3) is 5.91 Å². The Morgan fingerprint density at radius 1 is 1.46 bits per heavy atom. The Kier molecular flexibility index (Phi) is 4.25. The number of rotatable bonds is 4. The number of aromatic nitrogens is 1. The molecule has 0 bridgehead atoms. The van der Waals surface area contributed by atoms with Gasteiger partial charge in [0, 0.05) is 6.20 Å². The van der Waals surface area contributed by atoms with Crippen LogP contribution in [-0.2, 0) is 15.1 Å². The molecule has 1 fully saturated rings. The van der Waals surface area contributed by atoms with Gasteiger partial charge in [-0.2, -0.15) is 11.3 Å². The molecule has 0 aromatic carbocycles. The van der Waals surface area contributed by atoms with E-state index in [0.29, 0.717) is 11.3 Å². The average molecular weight is 365 g/mol. The molecule has 24 heavy (non-hydrogen) atoms. The monoisotopic (exact) mass is 364 g/mol. The molecule has 1 unspecified atom stereocenters. The van der Waals surface area contributed by atoms with E-state index in [9.17, 15) is 14.4 Å². The van der Waals surface area contributed by atoms with E-state index >= 15 is 0 Å². The molecule has 2 aromatic rings. The van der Waals surface area contributed by atoms with E-state index in [1.165, 1.54) is 17.5 Å². The second-order valence-corrected chi connectivity index (χ2v) is 6.49. The average Bonchev–Trinajstić information content (AvgIpc) is 3.14. The zero-order chi connectivity index (χ0) is 17.3. The summed E-state index contributed by atoms with van der Waals surface area (Å²) in [5, 5.41) is 8.91. The number of halogens is 1. The number of urea groups is 1. The Balaban J connectivity index is 1.74. The number of imide groups is 1. The van der Waals surface area contributed by atoms with Crippen molar-refractivity contribution >= 4 is 46.5 Å². The second-order valence-electron chi connectivity index (χ2n) is 5.35. The molecule has 7 nitrogen and oxygen atoms in total. The number of nitrogens with zero attached hydrogens (tertiary/aromatic N) is 2. The first-order valence-corrected chi connectivity index (χ1v) is 8.31. The summed E-state index contributed by atoms with van der Waals surface area (Å²) < 4.78 is 0. The molecule has 1 atom stereocenters. The van der Waals surface area contributed by atoms with Crippen LogP contribution >= 0.6 is 22.9 Å². The minimum atomic E-state index is -1.16. The van der Waals surface area contributed by atoms with Gasteiger partial charge in [-0.15, -0.1) is 0 Å². The number of carbonyl (C=O) groups is 3. The van der Waals surface area contributed by atoms with Gasteiger partial charge in [0.15, 0.2) is 5.15 Å². The third-order valence-corrected chi connectivity index (χ3v) is 4.69. The Hall–Kier alpha value is -2.45. The number of pyridine rings is 1. The first-order valence-electron chi connectivity index (χ1n) is 6.99. The van der Waals surface area contributed by atoms with Gasteiger partial charge in [-0.05, 0) is 41.4 Å². The molecule has 1 aliphatic rings. The second kappa shape index (κ2) is 6.21. The summed E-state index contributed by atoms with van der Waals surface area (Å²) in [6.07, 6.45) is 1.49. The molecule has 3 rings (SSSR count). The van der Waals surface area contributed by atoms with Crippen LogP contribution in [0.1, 0.15) is 12.5 Å². The van der Waals surface area contributed by atoms with E-state index in [-0.39, 0.29) is 5.15 Å². The van der Waals surface area contributed by atoms with Crippen LogP contribution in [0.5, 0.6) is 0 Å². The normalized spacial score (nSPS) is 20.2. The molecule has 0 spiro atoms. The highest BCUT2D eigenvalue weighted by atomic mass is 35.5. The van der Waals surface area contributed by atoms with E-state index in [1.54, 1.807) is 30.5 Å². The van der Waals surface area contributed by atoms with Crippen molar-refractivity contribution in [1.29, 1.82) is 0 Å². The lowest BCUT2D eigenvalue weighted by atomic mass is 9.95. The molecule has 124 valence electrons. The van der Waals surface area contributed by atoms with Crippen LogP contribution in [-0.4, -0.2) is 34.3 Å². The molecule has 0 radical (unpaired) electrons. The minimum Gasteiger partial charge on any atom is -0.322 e. The lowest BCUT2D eigenvalue weighted by Crippen LogP contribution is -2.41. The smallest absolute Gasteiger partial charge is 0.322 e. The number of amides is 4. The Morgan fingerprint density at radius 2 is 2.25 bits per heavy atom. The van der Waals surface area contributed by atoms with E-state index in [2.05, 4.69) is 15.6 Å². The molecule has 2 N–H and O–H groups in total. The largest absolute Gasteiger partial charge is 0.325 e. The highest BCUT2D eigenvalue weighted by Gasteiger charge is 2.49. The predicted octanol–water partition coefficient (Wildman–Crippen LogP) is 2.20. The third kappa shape index (κ3) is 2.85. The fraction of sp³-hybridized carbons (Fsp3) is 0.200. The van der Waals surface area contributed by atoms with Gasteiger partial charge in [0.2, 0.25) is 5.91 Å². The number of nitrogens with one attached hydrogen (secondary N) is 2. The van der Waals surface area contributed by atoms with Gasteiger partial charge >= 0.3 is 6.03 Å². The van der Waals surface area contributed by atoms with E-state index < -0.39 is 29.9 Å². The number of hydrogen-bond donors (Lipinski definition) is 2. The van der Waals surface area contributed by atoms with Gasteiger partial charge in [0.1, 0.15) is 12.1 Å². The van der Waals surface area contributed by atoms with Crippen LogP contribution in [0.2, 0.25) is 5.15 Å². The van der Waals surface area contributed by atoms with Crippen molar-refractivity contribution in [3.05, 3.63) is 45.9 Å². The summed E-state index contributed by atoms with van der Waals surface area (Å²) in [4.78, 5) is 41.6. The summed E-state index contributed by atoms with van der Waals surface area (Å²) in [6.45, 7) is 1.21. The zero-order valence-electron chi connectivity index (χ0n) is 12.6. The number of anilines is 1. The summed E-state index contributed by atoms with van der Waals surface area (Å²) in [5.41, 5.74) is -0.163. The molecule has 2 aromatic heterocycles. The molecule has 0 aliphatic carbocycles. The maximum atomic E-state index is 12.6. The van der Waals surface area contributed by atoms with E-state index in [4.69, 9.17) is 11.6 Å². The highest BCUT2D eigenvalue weighted by Crippen LogP contribution is 2.30. The standard InChI is InChI=1S/C15H13ClN4O3S/c1-15(9-4-6-24-8-9)13(22)20(14(23)19-15)7-11(21)18-10-3-2-5-17-12(10)16/h2-6,8H,7H2,1H3,(H,18,21)(H,19,23). The van der Waals surface area contributed by atoms with Crippen molar-refractivity contribution in [2.75, 3.05) is 11.9 Å². The molecule has 4 amide bonds. The SMILES string of the molecule is CC1(c2ccsc2)NC(=O)N(CC(=O)Nc2cccnc2Cl)C1=O. The quantitative estimate of drug-likeness (QED) is 0.642. The van der Waals surface area contributed by atoms with Crippen molar-refractivity contribution < 1.29 is 14.4 Å². The predicted molar refractivity (Wildman–Crippen MR) is 89.8 cm³/mol. The van der Waals surface area contributed by atoms with Gasteiger partial charge in [-0.3, -0.25) is 14.5 Å². The van der Waals surface area contributed by atoms with Crippen LogP contribution < -0.4 is 10.6 Å². The number of carbonyl (C=O) groups excluding carboxylic acids is 3. The molecule has 0 saturated carbocycles. The van der Waals surface area contributed by atoms with Crippen molar-refractivity contribution in [2.45, 2.75) is 12.5 Å². The Labute approximate surface area is 146 Å². The van der Waals surface area contributed by atoms with Crippen LogP contribution in [0.4, 0.5) is 10.5 Å². The molecular weight excluding hydrogens is 352 g/mol. The number of thiophene rings is 1. The summed E-state index contributed by atoms with van der Waals surface area (Å²) in [7, 11) is 0.